The molecule has 1 aliphatic carbocycles. The molecule has 1 atom stereocenters. The van der Waals surface area contributed by atoms with Crippen molar-refractivity contribution in [1.82, 2.24) is 40.0 Å². The fraction of sp³-hybridized carbons (Fsp3) is 0.263. The van der Waals surface area contributed by atoms with Crippen LogP contribution in [0, 0.1) is 0 Å². The number of hydrogen-bond donors (Lipinski definition) is 1. The molecule has 4 aromatic rings. The molecule has 3 heterocycles. The summed E-state index contributed by atoms with van der Waals surface area (Å²) in [5.41, 5.74) is 1.62. The van der Waals surface area contributed by atoms with Crippen LogP contribution in [-0.2, 0) is 6.42 Å². The van der Waals surface area contributed by atoms with Gasteiger partial charge in [0.2, 0.25) is 0 Å². The Balaban J connectivity index is 1.41. The number of benzene rings is 1. The first-order valence-electron chi connectivity index (χ1n) is 9.27. The molecule has 0 spiro atoms. The molecule has 0 radical (unpaired) electrons. The number of nitrogens with zero attached hydrogens (tertiary/aromatic N) is 8. The zero-order valence-corrected chi connectivity index (χ0v) is 16.1. The van der Waals surface area contributed by atoms with E-state index in [0.717, 1.165) is 24.2 Å². The van der Waals surface area contributed by atoms with E-state index >= 15 is 0 Å². The Hall–Kier alpha value is -3.17. The van der Waals surface area contributed by atoms with Crippen LogP contribution in [0.5, 0.6) is 0 Å². The van der Waals surface area contributed by atoms with Crippen molar-refractivity contribution < 1.29 is 5.11 Å². The van der Waals surface area contributed by atoms with E-state index in [1.807, 2.05) is 28.8 Å². The van der Waals surface area contributed by atoms with Gasteiger partial charge in [0, 0.05) is 35.4 Å². The van der Waals surface area contributed by atoms with E-state index in [2.05, 4.69) is 30.6 Å². The van der Waals surface area contributed by atoms with Crippen LogP contribution in [0.4, 0.5) is 0 Å². The predicted octanol–water partition coefficient (Wildman–Crippen LogP) is 2.58. The fourth-order valence-corrected chi connectivity index (χ4v) is 3.40. The van der Waals surface area contributed by atoms with Crippen molar-refractivity contribution in [2.75, 3.05) is 0 Å². The molecule has 1 aromatic carbocycles. The van der Waals surface area contributed by atoms with Crippen LogP contribution < -0.4 is 0 Å². The summed E-state index contributed by atoms with van der Waals surface area (Å²) in [7, 11) is 0. The van der Waals surface area contributed by atoms with Crippen LogP contribution in [0.2, 0.25) is 5.02 Å². The quantitative estimate of drug-likeness (QED) is 0.522. The second-order valence-corrected chi connectivity index (χ2v) is 7.35. The molecule has 146 valence electrons. The zero-order chi connectivity index (χ0) is 19.8. The van der Waals surface area contributed by atoms with Gasteiger partial charge >= 0.3 is 0 Å². The largest absolute Gasteiger partial charge is 0.385 e. The lowest BCUT2D eigenvalue weighted by Crippen LogP contribution is -2.12. The van der Waals surface area contributed by atoms with Crippen molar-refractivity contribution in [3.63, 3.8) is 0 Å². The SMILES string of the molecule is OC(Cc1nnn(-c2cccc(Cl)c2)n1)c1nnc(-c2ccncc2)n1C1CC1. The monoisotopic (exact) mass is 408 g/mol. The van der Waals surface area contributed by atoms with Gasteiger partial charge in [-0.2, -0.15) is 0 Å². The molecule has 29 heavy (non-hydrogen) atoms. The summed E-state index contributed by atoms with van der Waals surface area (Å²) in [6.07, 6.45) is 4.81. The molecule has 1 aliphatic rings. The minimum atomic E-state index is -0.893. The lowest BCUT2D eigenvalue weighted by Gasteiger charge is -2.12. The number of aliphatic hydroxyl groups excluding tert-OH is 1. The van der Waals surface area contributed by atoms with Crippen LogP contribution >= 0.6 is 11.6 Å². The Morgan fingerprint density at radius 3 is 2.69 bits per heavy atom. The molecule has 10 heteroatoms. The van der Waals surface area contributed by atoms with Gasteiger partial charge in [-0.05, 0) is 48.4 Å². The summed E-state index contributed by atoms with van der Waals surface area (Å²) < 4.78 is 2.02. The highest BCUT2D eigenvalue weighted by Crippen LogP contribution is 2.40. The van der Waals surface area contributed by atoms with Gasteiger partial charge in [0.25, 0.3) is 0 Å². The Morgan fingerprint density at radius 1 is 1.10 bits per heavy atom. The van der Waals surface area contributed by atoms with Gasteiger partial charge in [0.1, 0.15) is 6.10 Å². The molecule has 1 unspecified atom stereocenters. The fourth-order valence-electron chi connectivity index (χ4n) is 3.22. The van der Waals surface area contributed by atoms with Crippen LogP contribution in [-0.4, -0.2) is 45.1 Å². The van der Waals surface area contributed by atoms with Crippen LogP contribution in [0.25, 0.3) is 17.1 Å². The molecule has 1 N–H and O–H groups in total. The first kappa shape index (κ1) is 17.9. The molecule has 9 nitrogen and oxygen atoms in total. The smallest absolute Gasteiger partial charge is 0.178 e. The Bertz CT molecular complexity index is 1140. The van der Waals surface area contributed by atoms with Crippen molar-refractivity contribution in [2.45, 2.75) is 31.4 Å². The molecule has 0 bridgehead atoms. The zero-order valence-electron chi connectivity index (χ0n) is 15.3. The number of aromatic nitrogens is 8. The number of aliphatic hydroxyl groups is 1. The molecule has 0 aliphatic heterocycles. The highest BCUT2D eigenvalue weighted by Gasteiger charge is 2.32. The average Bonchev–Trinajstić information content (AvgIpc) is 3.30. The van der Waals surface area contributed by atoms with Crippen LogP contribution in [0.3, 0.4) is 0 Å². The standard InChI is InChI=1S/C19H17ClN8O/c20-13-2-1-3-15(10-13)28-25-17(22-26-28)11-16(29)19-24-23-18(27(19)14-4-5-14)12-6-8-21-9-7-12/h1-3,6-10,14,16,29H,4-5,11H2. The van der Waals surface area contributed by atoms with E-state index in [1.54, 1.807) is 24.5 Å². The van der Waals surface area contributed by atoms with Crippen molar-refractivity contribution in [2.24, 2.45) is 0 Å². The lowest BCUT2D eigenvalue weighted by atomic mass is 10.2. The third-order valence-corrected chi connectivity index (χ3v) is 4.98. The van der Waals surface area contributed by atoms with E-state index in [4.69, 9.17) is 11.6 Å². The molecule has 3 aromatic heterocycles. The third-order valence-electron chi connectivity index (χ3n) is 4.74. The van der Waals surface area contributed by atoms with Gasteiger partial charge in [0.05, 0.1) is 5.69 Å². The first-order valence-corrected chi connectivity index (χ1v) is 9.65. The number of hydrogen-bond acceptors (Lipinski definition) is 7. The number of halogens is 1. The van der Waals surface area contributed by atoms with Gasteiger partial charge in [-0.3, -0.25) is 4.98 Å². The van der Waals surface area contributed by atoms with Crippen molar-refractivity contribution in [3.05, 3.63) is 65.5 Å². The topological polar surface area (TPSA) is 107 Å². The summed E-state index contributed by atoms with van der Waals surface area (Å²) >= 11 is 6.02. The molecular formula is C19H17ClN8O. The highest BCUT2D eigenvalue weighted by molar-refractivity contribution is 6.30. The summed E-state index contributed by atoms with van der Waals surface area (Å²) in [5, 5.41) is 32.5. The number of tetrazole rings is 1. The summed E-state index contributed by atoms with van der Waals surface area (Å²) in [4.78, 5) is 5.44. The maximum Gasteiger partial charge on any atom is 0.178 e. The summed E-state index contributed by atoms with van der Waals surface area (Å²) in [5.74, 6) is 1.66. The number of pyridine rings is 1. The first-order chi connectivity index (χ1) is 14.2. The second-order valence-electron chi connectivity index (χ2n) is 6.91. The minimum Gasteiger partial charge on any atom is -0.385 e. The van der Waals surface area contributed by atoms with Gasteiger partial charge in [0.15, 0.2) is 17.5 Å². The van der Waals surface area contributed by atoms with Gasteiger partial charge < -0.3 is 9.67 Å². The maximum absolute atomic E-state index is 10.8. The van der Waals surface area contributed by atoms with Gasteiger partial charge in [-0.25, -0.2) is 0 Å². The third kappa shape index (κ3) is 3.62. The lowest BCUT2D eigenvalue weighted by molar-refractivity contribution is 0.160. The molecule has 1 fully saturated rings. The predicted molar refractivity (Wildman–Crippen MR) is 104 cm³/mol. The van der Waals surface area contributed by atoms with Crippen molar-refractivity contribution in [3.8, 4) is 17.1 Å². The molecular weight excluding hydrogens is 392 g/mol. The van der Waals surface area contributed by atoms with Crippen LogP contribution in [0.1, 0.15) is 36.6 Å². The molecule has 0 amide bonds. The summed E-state index contributed by atoms with van der Waals surface area (Å²) in [6, 6.07) is 11.2. The maximum atomic E-state index is 10.8. The molecule has 1 saturated carbocycles. The van der Waals surface area contributed by atoms with Crippen molar-refractivity contribution in [1.29, 1.82) is 0 Å². The normalized spacial score (nSPS) is 14.8. The summed E-state index contributed by atoms with van der Waals surface area (Å²) in [6.45, 7) is 0. The average molecular weight is 409 g/mol. The van der Waals surface area contributed by atoms with E-state index in [9.17, 15) is 5.11 Å². The van der Waals surface area contributed by atoms with Crippen LogP contribution in [0.15, 0.2) is 48.8 Å². The Morgan fingerprint density at radius 2 is 1.93 bits per heavy atom. The minimum absolute atomic E-state index is 0.182. The number of rotatable bonds is 6. The van der Waals surface area contributed by atoms with Gasteiger partial charge in [-0.1, -0.05) is 17.7 Å². The van der Waals surface area contributed by atoms with E-state index in [0.29, 0.717) is 28.4 Å². The highest BCUT2D eigenvalue weighted by atomic mass is 35.5. The molecule has 0 saturated heterocycles. The van der Waals surface area contributed by atoms with Crippen molar-refractivity contribution >= 4 is 11.6 Å². The Labute approximate surface area is 171 Å². The molecule has 5 rings (SSSR count). The van der Waals surface area contributed by atoms with E-state index in [-0.39, 0.29) is 6.42 Å². The Kier molecular flexibility index (Phi) is 4.53. The van der Waals surface area contributed by atoms with E-state index < -0.39 is 6.10 Å². The van der Waals surface area contributed by atoms with E-state index in [1.165, 1.54) is 4.80 Å². The second kappa shape index (κ2) is 7.34. The van der Waals surface area contributed by atoms with Gasteiger partial charge in [-0.15, -0.1) is 25.2 Å².